The first-order valence-electron chi connectivity index (χ1n) is 5.36. The monoisotopic (exact) mass is 212 g/mol. The average molecular weight is 212 g/mol. The van der Waals surface area contributed by atoms with E-state index in [2.05, 4.69) is 16.0 Å². The number of para-hydroxylation sites is 1. The van der Waals surface area contributed by atoms with Crippen LogP contribution >= 0.6 is 0 Å². The Balaban J connectivity index is 1.84. The van der Waals surface area contributed by atoms with Crippen LogP contribution in [0.2, 0.25) is 0 Å². The van der Waals surface area contributed by atoms with Crippen LogP contribution in [0, 0.1) is 0 Å². The Hall–Kier alpha value is -2.03. The van der Waals surface area contributed by atoms with Gasteiger partial charge in [-0.1, -0.05) is 18.2 Å². The molecule has 0 unspecified atom stereocenters. The molecule has 0 aliphatic carbocycles. The zero-order valence-corrected chi connectivity index (χ0v) is 8.81. The van der Waals surface area contributed by atoms with Crippen LogP contribution in [0.5, 0.6) is 0 Å². The number of aromatic amines is 1. The Kier molecular flexibility index (Phi) is 2.22. The number of aromatic nitrogens is 2. The second kappa shape index (κ2) is 3.85. The summed E-state index contributed by atoms with van der Waals surface area (Å²) < 4.78 is 5.49. The number of fused-ring (bicyclic) bond motifs is 1. The molecule has 3 aromatic rings. The fourth-order valence-electron chi connectivity index (χ4n) is 1.92. The van der Waals surface area contributed by atoms with Gasteiger partial charge in [0.2, 0.25) is 0 Å². The summed E-state index contributed by atoms with van der Waals surface area (Å²) in [5.74, 6) is 0. The lowest BCUT2D eigenvalue weighted by Gasteiger charge is -1.96. The molecule has 0 fully saturated rings. The fourth-order valence-corrected chi connectivity index (χ4v) is 1.92. The molecule has 16 heavy (non-hydrogen) atoms. The van der Waals surface area contributed by atoms with E-state index in [1.54, 1.807) is 6.33 Å². The van der Waals surface area contributed by atoms with Gasteiger partial charge in [-0.2, -0.15) is 0 Å². The van der Waals surface area contributed by atoms with Gasteiger partial charge in [0.05, 0.1) is 12.6 Å². The van der Waals surface area contributed by atoms with Crippen molar-refractivity contribution in [2.75, 3.05) is 0 Å². The van der Waals surface area contributed by atoms with Gasteiger partial charge in [0.1, 0.15) is 5.58 Å². The van der Waals surface area contributed by atoms with E-state index >= 15 is 0 Å². The molecule has 80 valence electrons. The van der Waals surface area contributed by atoms with Crippen molar-refractivity contribution in [3.63, 3.8) is 0 Å². The van der Waals surface area contributed by atoms with Crippen LogP contribution in [0.1, 0.15) is 11.3 Å². The Morgan fingerprint density at radius 3 is 3.00 bits per heavy atom. The number of rotatable bonds is 3. The maximum atomic E-state index is 5.49. The molecule has 0 saturated heterocycles. The minimum Gasteiger partial charge on any atom is -0.464 e. The molecule has 1 aromatic carbocycles. The Bertz CT molecular complexity index is 581. The number of nitrogens with zero attached hydrogens (tertiary/aromatic N) is 1. The standard InChI is InChI=1S/C13H12N2O/c1-2-4-13-12(3-1)10(8-16-13)5-6-11-7-14-9-15-11/h1-4,7-9H,5-6H2,(H,14,15). The van der Waals surface area contributed by atoms with E-state index in [0.29, 0.717) is 0 Å². The molecule has 3 nitrogen and oxygen atoms in total. The van der Waals surface area contributed by atoms with Gasteiger partial charge in [-0.25, -0.2) is 4.98 Å². The molecule has 0 radical (unpaired) electrons. The van der Waals surface area contributed by atoms with E-state index in [0.717, 1.165) is 24.1 Å². The van der Waals surface area contributed by atoms with Crippen molar-refractivity contribution in [3.8, 4) is 0 Å². The molecule has 3 heteroatoms. The molecular weight excluding hydrogens is 200 g/mol. The second-order valence-electron chi connectivity index (χ2n) is 3.83. The van der Waals surface area contributed by atoms with Gasteiger partial charge in [0, 0.05) is 17.3 Å². The van der Waals surface area contributed by atoms with Gasteiger partial charge >= 0.3 is 0 Å². The van der Waals surface area contributed by atoms with Gasteiger partial charge < -0.3 is 9.40 Å². The molecule has 3 rings (SSSR count). The van der Waals surface area contributed by atoms with Crippen LogP contribution < -0.4 is 0 Å². The number of H-pyrrole nitrogens is 1. The lowest BCUT2D eigenvalue weighted by Crippen LogP contribution is -1.89. The van der Waals surface area contributed by atoms with Crippen LogP contribution in [-0.4, -0.2) is 9.97 Å². The number of hydrogen-bond donors (Lipinski definition) is 1. The highest BCUT2D eigenvalue weighted by molar-refractivity contribution is 5.80. The third kappa shape index (κ3) is 1.60. The van der Waals surface area contributed by atoms with Crippen LogP contribution in [0.4, 0.5) is 0 Å². The molecule has 0 amide bonds. The second-order valence-corrected chi connectivity index (χ2v) is 3.83. The van der Waals surface area contributed by atoms with Gasteiger partial charge in [0.25, 0.3) is 0 Å². The normalized spacial score (nSPS) is 11.0. The summed E-state index contributed by atoms with van der Waals surface area (Å²) in [6.07, 6.45) is 7.36. The first-order chi connectivity index (χ1) is 7.93. The summed E-state index contributed by atoms with van der Waals surface area (Å²) in [6.45, 7) is 0. The summed E-state index contributed by atoms with van der Waals surface area (Å²) in [7, 11) is 0. The topological polar surface area (TPSA) is 41.8 Å². The molecular formula is C13H12N2O. The predicted molar refractivity (Wildman–Crippen MR) is 62.2 cm³/mol. The van der Waals surface area contributed by atoms with Gasteiger partial charge in [0.15, 0.2) is 0 Å². The number of hydrogen-bond acceptors (Lipinski definition) is 2. The molecule has 1 N–H and O–H groups in total. The molecule has 0 atom stereocenters. The fraction of sp³-hybridized carbons (Fsp3) is 0.154. The maximum absolute atomic E-state index is 5.49. The van der Waals surface area contributed by atoms with Crippen LogP contribution in [0.25, 0.3) is 11.0 Å². The first-order valence-corrected chi connectivity index (χ1v) is 5.36. The lowest BCUT2D eigenvalue weighted by atomic mass is 10.1. The van der Waals surface area contributed by atoms with Crippen molar-refractivity contribution in [3.05, 3.63) is 54.3 Å². The molecule has 0 aliphatic rings. The zero-order valence-electron chi connectivity index (χ0n) is 8.81. The number of furan rings is 1. The predicted octanol–water partition coefficient (Wildman–Crippen LogP) is 2.94. The van der Waals surface area contributed by atoms with Crippen molar-refractivity contribution in [1.82, 2.24) is 9.97 Å². The Morgan fingerprint density at radius 1 is 1.19 bits per heavy atom. The van der Waals surface area contributed by atoms with E-state index in [1.165, 1.54) is 10.9 Å². The quantitative estimate of drug-likeness (QED) is 0.725. The van der Waals surface area contributed by atoms with E-state index in [-0.39, 0.29) is 0 Å². The van der Waals surface area contributed by atoms with E-state index in [9.17, 15) is 0 Å². The molecule has 0 saturated carbocycles. The number of benzene rings is 1. The minimum atomic E-state index is 0.960. The molecule has 0 aliphatic heterocycles. The number of imidazole rings is 1. The SMILES string of the molecule is c1ccc2c(CCc3cnc[nH]3)coc2c1. The molecule has 2 aromatic heterocycles. The summed E-state index contributed by atoms with van der Waals surface area (Å²) in [5.41, 5.74) is 3.37. The Morgan fingerprint density at radius 2 is 2.12 bits per heavy atom. The van der Waals surface area contributed by atoms with Crippen LogP contribution in [-0.2, 0) is 12.8 Å². The Labute approximate surface area is 93.1 Å². The lowest BCUT2D eigenvalue weighted by molar-refractivity contribution is 0.610. The molecule has 0 spiro atoms. The number of aryl methyl sites for hydroxylation is 2. The van der Waals surface area contributed by atoms with E-state index in [1.807, 2.05) is 30.7 Å². The van der Waals surface area contributed by atoms with Crippen molar-refractivity contribution < 1.29 is 4.42 Å². The third-order valence-corrected chi connectivity index (χ3v) is 2.78. The smallest absolute Gasteiger partial charge is 0.134 e. The molecule has 2 heterocycles. The summed E-state index contributed by atoms with van der Waals surface area (Å²) in [6, 6.07) is 8.12. The summed E-state index contributed by atoms with van der Waals surface area (Å²) in [5, 5.41) is 1.21. The highest BCUT2D eigenvalue weighted by Gasteiger charge is 2.05. The van der Waals surface area contributed by atoms with E-state index < -0.39 is 0 Å². The minimum absolute atomic E-state index is 0.960. The number of nitrogens with one attached hydrogen (secondary N) is 1. The highest BCUT2D eigenvalue weighted by Crippen LogP contribution is 2.21. The van der Waals surface area contributed by atoms with Crippen molar-refractivity contribution in [2.24, 2.45) is 0 Å². The molecule has 0 bridgehead atoms. The van der Waals surface area contributed by atoms with Crippen LogP contribution in [0.3, 0.4) is 0 Å². The van der Waals surface area contributed by atoms with Crippen molar-refractivity contribution in [2.45, 2.75) is 12.8 Å². The summed E-state index contributed by atoms with van der Waals surface area (Å²) in [4.78, 5) is 7.11. The van der Waals surface area contributed by atoms with Crippen molar-refractivity contribution >= 4 is 11.0 Å². The van der Waals surface area contributed by atoms with Crippen LogP contribution in [0.15, 0.2) is 47.5 Å². The largest absolute Gasteiger partial charge is 0.464 e. The maximum Gasteiger partial charge on any atom is 0.134 e. The first kappa shape index (κ1) is 9.21. The van der Waals surface area contributed by atoms with Crippen molar-refractivity contribution in [1.29, 1.82) is 0 Å². The van der Waals surface area contributed by atoms with E-state index in [4.69, 9.17) is 4.42 Å². The van der Waals surface area contributed by atoms with Gasteiger partial charge in [-0.15, -0.1) is 0 Å². The zero-order chi connectivity index (χ0) is 10.8. The van der Waals surface area contributed by atoms with Gasteiger partial charge in [-0.3, -0.25) is 0 Å². The third-order valence-electron chi connectivity index (χ3n) is 2.78. The average Bonchev–Trinajstić information content (AvgIpc) is 2.96. The van der Waals surface area contributed by atoms with Gasteiger partial charge in [-0.05, 0) is 24.5 Å². The summed E-state index contributed by atoms with van der Waals surface area (Å²) >= 11 is 0. The highest BCUT2D eigenvalue weighted by atomic mass is 16.3.